The summed E-state index contributed by atoms with van der Waals surface area (Å²) in [6.45, 7) is 11.1. The number of carbonyl (C=O) groups is 1. The maximum Gasteiger partial charge on any atom is 0.241 e. The minimum atomic E-state index is 0.0701. The van der Waals surface area contributed by atoms with Crippen LogP contribution in [0, 0.1) is 5.92 Å². The molecule has 2 aliphatic heterocycles. The molecule has 1 amide bonds. The lowest BCUT2D eigenvalue weighted by atomic mass is 9.96. The van der Waals surface area contributed by atoms with Crippen LogP contribution in [0.5, 0.6) is 0 Å². The largest absolute Gasteiger partial charge is 0.326 e. The average Bonchev–Trinajstić information content (AvgIpc) is 2.73. The molecule has 2 heterocycles. The molecule has 4 nitrogen and oxygen atoms in total. The second-order valence-electron chi connectivity index (χ2n) is 6.41. The molecule has 2 unspecified atom stereocenters. The fraction of sp³-hybridized carbons (Fsp3) is 0.938. The Balaban J connectivity index is 1.82. The molecule has 1 N–H and O–H groups in total. The number of nitrogens with one attached hydrogen (secondary N) is 1. The molecule has 0 saturated carbocycles. The Morgan fingerprint density at radius 3 is 2.55 bits per heavy atom. The summed E-state index contributed by atoms with van der Waals surface area (Å²) >= 11 is 0. The van der Waals surface area contributed by atoms with E-state index in [-0.39, 0.29) is 12.2 Å². The third kappa shape index (κ3) is 3.73. The van der Waals surface area contributed by atoms with Gasteiger partial charge < -0.3 is 9.80 Å². The number of likely N-dealkylation sites (tertiary alicyclic amines) is 1. The number of rotatable bonds is 6. The average molecular weight is 281 g/mol. The monoisotopic (exact) mass is 281 g/mol. The molecule has 116 valence electrons. The molecule has 0 radical (unpaired) electrons. The van der Waals surface area contributed by atoms with Gasteiger partial charge in [0.25, 0.3) is 0 Å². The highest BCUT2D eigenvalue weighted by Crippen LogP contribution is 2.22. The molecule has 4 heteroatoms. The topological polar surface area (TPSA) is 35.6 Å². The first kappa shape index (κ1) is 15.8. The maximum atomic E-state index is 12.5. The summed E-state index contributed by atoms with van der Waals surface area (Å²) in [5, 5.41) is 3.46. The van der Waals surface area contributed by atoms with Crippen LogP contribution in [0.1, 0.15) is 52.9 Å². The van der Waals surface area contributed by atoms with Gasteiger partial charge in [-0.3, -0.25) is 10.1 Å². The first-order valence-corrected chi connectivity index (χ1v) is 8.44. The molecule has 2 rings (SSSR count). The van der Waals surface area contributed by atoms with Crippen molar-refractivity contribution in [2.24, 2.45) is 5.92 Å². The maximum absolute atomic E-state index is 12.5. The van der Waals surface area contributed by atoms with Crippen LogP contribution < -0.4 is 5.32 Å². The minimum Gasteiger partial charge on any atom is -0.326 e. The van der Waals surface area contributed by atoms with Crippen LogP contribution in [0.25, 0.3) is 0 Å². The zero-order valence-electron chi connectivity index (χ0n) is 13.4. The van der Waals surface area contributed by atoms with Gasteiger partial charge in [0, 0.05) is 6.54 Å². The Morgan fingerprint density at radius 2 is 1.95 bits per heavy atom. The van der Waals surface area contributed by atoms with Crippen LogP contribution in [-0.4, -0.2) is 54.1 Å². The molecule has 2 atom stereocenters. The summed E-state index contributed by atoms with van der Waals surface area (Å²) < 4.78 is 0. The van der Waals surface area contributed by atoms with Gasteiger partial charge in [0.15, 0.2) is 0 Å². The van der Waals surface area contributed by atoms with E-state index in [0.29, 0.717) is 11.8 Å². The number of nitrogens with zero attached hydrogens (tertiary/aromatic N) is 2. The van der Waals surface area contributed by atoms with Gasteiger partial charge in [0.05, 0.1) is 12.2 Å². The number of hydrogen-bond acceptors (Lipinski definition) is 3. The van der Waals surface area contributed by atoms with E-state index >= 15 is 0 Å². The van der Waals surface area contributed by atoms with Gasteiger partial charge in [-0.2, -0.15) is 0 Å². The van der Waals surface area contributed by atoms with Gasteiger partial charge in [0.1, 0.15) is 0 Å². The number of piperidine rings is 1. The lowest BCUT2D eigenvalue weighted by molar-refractivity contribution is -0.130. The second-order valence-corrected chi connectivity index (χ2v) is 6.41. The van der Waals surface area contributed by atoms with Crippen LogP contribution in [-0.2, 0) is 4.79 Å². The van der Waals surface area contributed by atoms with E-state index in [1.807, 2.05) is 0 Å². The van der Waals surface area contributed by atoms with Crippen molar-refractivity contribution in [2.75, 3.05) is 26.2 Å². The number of hydrogen-bond donors (Lipinski definition) is 1. The summed E-state index contributed by atoms with van der Waals surface area (Å²) in [5.41, 5.74) is 0. The fourth-order valence-electron chi connectivity index (χ4n) is 3.47. The molecule has 2 aliphatic rings. The van der Waals surface area contributed by atoms with Crippen molar-refractivity contribution in [1.29, 1.82) is 0 Å². The first-order chi connectivity index (χ1) is 9.65. The fourth-order valence-corrected chi connectivity index (χ4v) is 3.47. The van der Waals surface area contributed by atoms with Crippen molar-refractivity contribution in [1.82, 2.24) is 15.1 Å². The smallest absolute Gasteiger partial charge is 0.241 e. The summed E-state index contributed by atoms with van der Waals surface area (Å²) in [6, 6.07) is 0.0701. The van der Waals surface area contributed by atoms with Crippen molar-refractivity contribution in [3.63, 3.8) is 0 Å². The van der Waals surface area contributed by atoms with E-state index in [0.717, 1.165) is 32.4 Å². The predicted octanol–water partition coefficient (Wildman–Crippen LogP) is 2.05. The summed E-state index contributed by atoms with van der Waals surface area (Å²) in [6.07, 6.45) is 5.99. The third-order valence-electron chi connectivity index (χ3n) is 4.95. The van der Waals surface area contributed by atoms with Gasteiger partial charge in [-0.25, -0.2) is 0 Å². The molecular formula is C16H31N3O. The molecule has 0 aromatic heterocycles. The second kappa shape index (κ2) is 7.41. The molecular weight excluding hydrogens is 250 g/mol. The van der Waals surface area contributed by atoms with Crippen molar-refractivity contribution in [3.8, 4) is 0 Å². The molecule has 20 heavy (non-hydrogen) atoms. The molecule has 0 bridgehead atoms. The number of carbonyl (C=O) groups excluding carboxylic acids is 1. The highest BCUT2D eigenvalue weighted by atomic mass is 16.2. The van der Waals surface area contributed by atoms with E-state index < -0.39 is 0 Å². The number of unbranched alkanes of at least 4 members (excludes halogenated alkanes) is 1. The Hall–Kier alpha value is -0.610. The zero-order valence-corrected chi connectivity index (χ0v) is 13.4. The quantitative estimate of drug-likeness (QED) is 0.809. The Kier molecular flexibility index (Phi) is 5.85. The molecule has 0 aromatic carbocycles. The van der Waals surface area contributed by atoms with Crippen molar-refractivity contribution in [3.05, 3.63) is 0 Å². The third-order valence-corrected chi connectivity index (χ3v) is 4.95. The lowest BCUT2D eigenvalue weighted by Gasteiger charge is -2.34. The Morgan fingerprint density at radius 1 is 1.25 bits per heavy atom. The van der Waals surface area contributed by atoms with Crippen LogP contribution in [0.3, 0.4) is 0 Å². The molecule has 0 aliphatic carbocycles. The summed E-state index contributed by atoms with van der Waals surface area (Å²) in [5.74, 6) is 1.03. The van der Waals surface area contributed by atoms with Crippen molar-refractivity contribution < 1.29 is 4.79 Å². The summed E-state index contributed by atoms with van der Waals surface area (Å²) in [7, 11) is 0. The van der Waals surface area contributed by atoms with E-state index in [2.05, 4.69) is 35.9 Å². The highest BCUT2D eigenvalue weighted by Gasteiger charge is 2.37. The minimum absolute atomic E-state index is 0.0701. The van der Waals surface area contributed by atoms with Gasteiger partial charge >= 0.3 is 0 Å². The lowest BCUT2D eigenvalue weighted by Crippen LogP contribution is -2.42. The van der Waals surface area contributed by atoms with E-state index in [1.165, 1.54) is 25.9 Å². The Bertz CT molecular complexity index is 313. The Labute approximate surface area is 123 Å². The van der Waals surface area contributed by atoms with E-state index in [4.69, 9.17) is 0 Å². The normalized spacial score (nSPS) is 29.4. The van der Waals surface area contributed by atoms with Crippen molar-refractivity contribution in [2.45, 2.75) is 65.1 Å². The van der Waals surface area contributed by atoms with Crippen LogP contribution in [0.2, 0.25) is 0 Å². The van der Waals surface area contributed by atoms with Crippen LogP contribution in [0.15, 0.2) is 0 Å². The molecule has 0 spiro atoms. The van der Waals surface area contributed by atoms with Gasteiger partial charge in [-0.1, -0.05) is 26.7 Å². The van der Waals surface area contributed by atoms with E-state index in [9.17, 15) is 4.79 Å². The van der Waals surface area contributed by atoms with Gasteiger partial charge in [-0.15, -0.1) is 0 Å². The zero-order chi connectivity index (χ0) is 14.5. The molecule has 0 aromatic rings. The molecule has 2 saturated heterocycles. The predicted molar refractivity (Wildman–Crippen MR) is 82.5 cm³/mol. The summed E-state index contributed by atoms with van der Waals surface area (Å²) in [4.78, 5) is 17.1. The van der Waals surface area contributed by atoms with E-state index in [1.54, 1.807) is 0 Å². The van der Waals surface area contributed by atoms with Gasteiger partial charge in [0.2, 0.25) is 5.91 Å². The van der Waals surface area contributed by atoms with Crippen LogP contribution >= 0.6 is 0 Å². The standard InChI is InChI=1S/C16H31N3O/c1-4-6-7-15-16(20)19(13(3)17-15)12-14-8-10-18(5-2)11-9-14/h13-15,17H,4-12H2,1-3H3. The first-order valence-electron chi connectivity index (χ1n) is 8.44. The van der Waals surface area contributed by atoms with Crippen LogP contribution in [0.4, 0.5) is 0 Å². The van der Waals surface area contributed by atoms with Gasteiger partial charge in [-0.05, 0) is 51.7 Å². The SMILES string of the molecule is CCCCC1NC(C)N(CC2CCN(CC)CC2)C1=O. The molecule has 2 fully saturated rings. The highest BCUT2D eigenvalue weighted by molar-refractivity contribution is 5.84. The number of amides is 1. The van der Waals surface area contributed by atoms with Crippen molar-refractivity contribution >= 4 is 5.91 Å².